The fourth-order valence-electron chi connectivity index (χ4n) is 2.80. The van der Waals surface area contributed by atoms with Gasteiger partial charge in [0.05, 0.1) is 23.5 Å². The van der Waals surface area contributed by atoms with Crippen molar-refractivity contribution in [1.29, 1.82) is 0 Å². The minimum atomic E-state index is -0.426. The molecule has 4 rings (SSSR count). The summed E-state index contributed by atoms with van der Waals surface area (Å²) in [6, 6.07) is 16.8. The zero-order chi connectivity index (χ0) is 20.9. The highest BCUT2D eigenvalue weighted by Gasteiger charge is 2.13. The molecule has 152 valence electrons. The van der Waals surface area contributed by atoms with Crippen molar-refractivity contribution in [3.8, 4) is 5.75 Å². The average Bonchev–Trinajstić information content (AvgIpc) is 3.39. The van der Waals surface area contributed by atoms with Gasteiger partial charge in [0.15, 0.2) is 5.76 Å². The summed E-state index contributed by atoms with van der Waals surface area (Å²) in [5.41, 5.74) is 0.981. The SMILES string of the molecule is O=C(Nc1cnn(Cc2ccccc2F)c1)c1ccc(COc2ccccc2Cl)o1. The first-order valence-corrected chi connectivity index (χ1v) is 9.49. The Bertz CT molecular complexity index is 1170. The second-order valence-corrected chi connectivity index (χ2v) is 6.86. The molecule has 0 unspecified atom stereocenters. The van der Waals surface area contributed by atoms with Gasteiger partial charge in [-0.05, 0) is 30.3 Å². The number of aromatic nitrogens is 2. The molecular formula is C22H17ClFN3O3. The lowest BCUT2D eigenvalue weighted by molar-refractivity contribution is 0.0992. The van der Waals surface area contributed by atoms with Gasteiger partial charge in [0, 0.05) is 11.8 Å². The van der Waals surface area contributed by atoms with Crippen LogP contribution in [0.15, 0.2) is 77.5 Å². The molecule has 2 aromatic carbocycles. The van der Waals surface area contributed by atoms with Gasteiger partial charge in [-0.15, -0.1) is 0 Å². The number of nitrogens with one attached hydrogen (secondary N) is 1. The third-order valence-corrected chi connectivity index (χ3v) is 4.59. The summed E-state index contributed by atoms with van der Waals surface area (Å²) in [5.74, 6) is 0.416. The van der Waals surface area contributed by atoms with E-state index in [4.69, 9.17) is 20.8 Å². The van der Waals surface area contributed by atoms with Crippen LogP contribution in [0.25, 0.3) is 0 Å². The molecule has 0 radical (unpaired) electrons. The number of para-hydroxylation sites is 1. The Morgan fingerprint density at radius 3 is 2.77 bits per heavy atom. The van der Waals surface area contributed by atoms with Crippen LogP contribution in [-0.2, 0) is 13.2 Å². The predicted octanol–water partition coefficient (Wildman–Crippen LogP) is 5.15. The van der Waals surface area contributed by atoms with Crippen molar-refractivity contribution in [2.75, 3.05) is 5.32 Å². The molecule has 0 saturated carbocycles. The van der Waals surface area contributed by atoms with Crippen LogP contribution < -0.4 is 10.1 Å². The third-order valence-electron chi connectivity index (χ3n) is 4.27. The van der Waals surface area contributed by atoms with E-state index in [1.165, 1.54) is 12.3 Å². The Hall–Kier alpha value is -3.58. The second kappa shape index (κ2) is 8.84. The average molecular weight is 426 g/mol. The number of halogens is 2. The van der Waals surface area contributed by atoms with Crippen LogP contribution >= 0.6 is 11.6 Å². The van der Waals surface area contributed by atoms with Crippen LogP contribution in [0, 0.1) is 5.82 Å². The quantitative estimate of drug-likeness (QED) is 0.444. The predicted molar refractivity (Wildman–Crippen MR) is 110 cm³/mol. The summed E-state index contributed by atoms with van der Waals surface area (Å²) in [6.45, 7) is 0.393. The monoisotopic (exact) mass is 425 g/mol. The lowest BCUT2D eigenvalue weighted by Crippen LogP contribution is -2.10. The summed E-state index contributed by atoms with van der Waals surface area (Å²) >= 11 is 6.05. The minimum Gasteiger partial charge on any atom is -0.484 e. The van der Waals surface area contributed by atoms with E-state index in [-0.39, 0.29) is 24.7 Å². The molecule has 2 aromatic heterocycles. The Labute approximate surface area is 176 Å². The zero-order valence-electron chi connectivity index (χ0n) is 15.7. The van der Waals surface area contributed by atoms with Crippen molar-refractivity contribution in [3.05, 3.63) is 101 Å². The molecule has 4 aromatic rings. The van der Waals surface area contributed by atoms with Gasteiger partial charge < -0.3 is 14.5 Å². The van der Waals surface area contributed by atoms with Crippen LogP contribution in [0.2, 0.25) is 5.02 Å². The zero-order valence-corrected chi connectivity index (χ0v) is 16.5. The third kappa shape index (κ3) is 4.69. The normalized spacial score (nSPS) is 10.7. The number of carbonyl (C=O) groups is 1. The van der Waals surface area contributed by atoms with E-state index in [2.05, 4.69) is 10.4 Å². The summed E-state index contributed by atoms with van der Waals surface area (Å²) < 4.78 is 26.5. The van der Waals surface area contributed by atoms with Crippen LogP contribution in [0.1, 0.15) is 21.9 Å². The molecule has 1 N–H and O–H groups in total. The highest BCUT2D eigenvalue weighted by molar-refractivity contribution is 6.32. The van der Waals surface area contributed by atoms with Gasteiger partial charge in [-0.3, -0.25) is 9.48 Å². The highest BCUT2D eigenvalue weighted by atomic mass is 35.5. The molecule has 2 heterocycles. The Morgan fingerprint density at radius 2 is 1.93 bits per heavy atom. The highest BCUT2D eigenvalue weighted by Crippen LogP contribution is 2.24. The number of anilines is 1. The van der Waals surface area contributed by atoms with E-state index in [1.54, 1.807) is 53.3 Å². The van der Waals surface area contributed by atoms with Crippen molar-refractivity contribution in [2.24, 2.45) is 0 Å². The van der Waals surface area contributed by atoms with Crippen LogP contribution in [0.3, 0.4) is 0 Å². The molecule has 1 amide bonds. The standard InChI is InChI=1S/C22H17ClFN3O3/c23-18-6-2-4-8-20(18)29-14-17-9-10-21(30-17)22(28)26-16-11-25-27(13-16)12-15-5-1-3-7-19(15)24/h1-11,13H,12,14H2,(H,26,28). The van der Waals surface area contributed by atoms with Gasteiger partial charge in [0.2, 0.25) is 0 Å². The lowest BCUT2D eigenvalue weighted by Gasteiger charge is -2.05. The maximum absolute atomic E-state index is 13.8. The van der Waals surface area contributed by atoms with E-state index in [0.29, 0.717) is 27.8 Å². The Morgan fingerprint density at radius 1 is 1.13 bits per heavy atom. The molecule has 0 aliphatic heterocycles. The van der Waals surface area contributed by atoms with Gasteiger partial charge in [-0.1, -0.05) is 41.9 Å². The number of hydrogen-bond acceptors (Lipinski definition) is 4. The molecule has 0 aliphatic carbocycles. The van der Waals surface area contributed by atoms with E-state index in [9.17, 15) is 9.18 Å². The number of furan rings is 1. The number of hydrogen-bond donors (Lipinski definition) is 1. The van der Waals surface area contributed by atoms with Gasteiger partial charge >= 0.3 is 0 Å². The van der Waals surface area contributed by atoms with Crippen molar-refractivity contribution >= 4 is 23.2 Å². The fourth-order valence-corrected chi connectivity index (χ4v) is 2.99. The summed E-state index contributed by atoms with van der Waals surface area (Å²) in [5, 5.41) is 7.35. The first-order valence-electron chi connectivity index (χ1n) is 9.12. The first-order chi connectivity index (χ1) is 14.6. The summed E-state index contributed by atoms with van der Waals surface area (Å²) in [4.78, 5) is 12.4. The molecule has 0 fully saturated rings. The molecular weight excluding hydrogens is 409 g/mol. The Kier molecular flexibility index (Phi) is 5.81. The maximum Gasteiger partial charge on any atom is 0.291 e. The lowest BCUT2D eigenvalue weighted by atomic mass is 10.2. The molecule has 0 saturated heterocycles. The van der Waals surface area contributed by atoms with Gasteiger partial charge in [-0.2, -0.15) is 5.10 Å². The van der Waals surface area contributed by atoms with E-state index in [1.807, 2.05) is 12.1 Å². The fraction of sp³-hybridized carbons (Fsp3) is 0.0909. The molecule has 0 atom stereocenters. The number of carbonyl (C=O) groups excluding carboxylic acids is 1. The van der Waals surface area contributed by atoms with Crippen molar-refractivity contribution in [1.82, 2.24) is 9.78 Å². The first kappa shape index (κ1) is 19.7. The van der Waals surface area contributed by atoms with Crippen molar-refractivity contribution in [2.45, 2.75) is 13.2 Å². The number of ether oxygens (including phenoxy) is 1. The molecule has 0 bridgehead atoms. The summed E-state index contributed by atoms with van der Waals surface area (Å²) in [6.07, 6.45) is 3.11. The minimum absolute atomic E-state index is 0.134. The molecule has 0 spiro atoms. The van der Waals surface area contributed by atoms with E-state index in [0.717, 1.165) is 0 Å². The topological polar surface area (TPSA) is 69.3 Å². The number of rotatable bonds is 7. The molecule has 6 nitrogen and oxygen atoms in total. The number of amides is 1. The van der Waals surface area contributed by atoms with Crippen LogP contribution in [0.4, 0.5) is 10.1 Å². The van der Waals surface area contributed by atoms with E-state index >= 15 is 0 Å². The number of benzene rings is 2. The summed E-state index contributed by atoms with van der Waals surface area (Å²) in [7, 11) is 0. The maximum atomic E-state index is 13.8. The molecule has 30 heavy (non-hydrogen) atoms. The largest absolute Gasteiger partial charge is 0.484 e. The van der Waals surface area contributed by atoms with Crippen molar-refractivity contribution < 1.29 is 18.3 Å². The Balaban J connectivity index is 1.35. The van der Waals surface area contributed by atoms with E-state index < -0.39 is 5.91 Å². The molecule has 8 heteroatoms. The smallest absolute Gasteiger partial charge is 0.291 e. The van der Waals surface area contributed by atoms with Gasteiger partial charge in [0.1, 0.15) is 23.9 Å². The number of nitrogens with zero attached hydrogens (tertiary/aromatic N) is 2. The van der Waals surface area contributed by atoms with Crippen LogP contribution in [-0.4, -0.2) is 15.7 Å². The van der Waals surface area contributed by atoms with Gasteiger partial charge in [-0.25, -0.2) is 4.39 Å². The van der Waals surface area contributed by atoms with Crippen molar-refractivity contribution in [3.63, 3.8) is 0 Å². The van der Waals surface area contributed by atoms with Gasteiger partial charge in [0.25, 0.3) is 5.91 Å². The molecule has 0 aliphatic rings. The second-order valence-electron chi connectivity index (χ2n) is 6.46. The van der Waals surface area contributed by atoms with Crippen LogP contribution in [0.5, 0.6) is 5.75 Å².